The van der Waals surface area contributed by atoms with Crippen molar-refractivity contribution in [2.24, 2.45) is 40.7 Å². The van der Waals surface area contributed by atoms with Crippen LogP contribution in [0.25, 0.3) is 0 Å². The predicted octanol–water partition coefficient (Wildman–Crippen LogP) is 16.0. The number of carbonyl (C=O) groups excluding carboxylic acids is 1. The Labute approximate surface area is 825 Å². The van der Waals surface area contributed by atoms with Crippen molar-refractivity contribution in [1.82, 2.24) is 80.1 Å². The number of ether oxygens (including phenoxy) is 1. The number of nitrogens with two attached hydrogens (primary N) is 4. The molecule has 1 aromatic rings. The number of nitrogens with one attached hydrogen (secondary N) is 4. The minimum atomic E-state index is -4.11. The van der Waals surface area contributed by atoms with Crippen LogP contribution >= 0.6 is 0 Å². The number of aliphatic hydroxyl groups is 1. The Kier molecular flexibility index (Phi) is 64.4. The molecule has 0 bridgehead atoms. The van der Waals surface area contributed by atoms with Gasteiger partial charge in [-0.2, -0.15) is 26.3 Å². The smallest absolute Gasteiger partial charge is 0.407 e. The van der Waals surface area contributed by atoms with Gasteiger partial charge in [-0.3, -0.25) is 44.1 Å². The molecule has 11 heterocycles. The molecule has 11 fully saturated rings. The maximum absolute atomic E-state index is 12.6. The van der Waals surface area contributed by atoms with E-state index >= 15 is 0 Å². The molecule has 23 nitrogen and oxygen atoms in total. The number of amides is 1. The van der Waals surface area contributed by atoms with Gasteiger partial charge in [0.15, 0.2) is 0 Å². The SMILES string of the molecule is CC(C)N1CC(N)CC(C(F)(F)F)C1.CC(C)N1CCC(N)C1.CC(C)N1CCC(N)CC1.CC(C)N1CCCC(N(C)C)C1.CC(C)N1CCCC(N)C1.CC(C)N1CCCC(NC(=O)OC(C)(C)C)C1.CC(C)N1CCCC(NCc2ccccc2)C1.CC(C)N1CCCC(O)C1.CCC1CCN(C(C)C)C1.CNC1CC(C(F)(F)F)CN(C(C)C)C1.CNC1CCCN(C(C)C)C1. The highest BCUT2D eigenvalue weighted by molar-refractivity contribution is 5.68. The monoisotopic (exact) mass is 1930 g/mol. The lowest BCUT2D eigenvalue weighted by Crippen LogP contribution is -2.53. The van der Waals surface area contributed by atoms with Crippen LogP contribution in [0.3, 0.4) is 0 Å². The Morgan fingerprint density at radius 1 is 0.385 bits per heavy atom. The molecule has 13 N–H and O–H groups in total. The summed E-state index contributed by atoms with van der Waals surface area (Å²) < 4.78 is 80.6. The molecule has 12 atom stereocenters. The fraction of sp³-hybridized carbons (Fsp3) is 0.934. The minimum Gasteiger partial charge on any atom is -0.444 e. The fourth-order valence-electron chi connectivity index (χ4n) is 19.3. The standard InChI is InChI=1S/C15H24N2.C13H26N2O2.C10H19F3N2.C10H22N2.C9H17F3N2.C9H20N2.C9H19N.2C8H18N2.C8H17NO.C7H16N2/c1-13(2)17-10-6-9-15(12-17)16-11-14-7-4-3-5-8-14;1-10(2)15-8-6-7-11(9-15)14-12(16)17-13(3,4)5;1-7(2)15-5-8(10(11,12)13)4-9(6-15)14-3;1-9(2)12-7-5-6-10(8-12)11(3)4;1-6(2)14-4-7(9(10,11)12)3-8(13)5-14;1-8(2)11-6-4-5-9(7-11)10-3;1-4-9-5-6-10(7-9)8(2)3;1-7(2)10-5-3-8(9)4-6-10;1-7(2)10-5-3-4-8(9)6-10;1-7(2)9-5-3-4-8(10)6-9;1-6(2)9-4-3-7(8)5-9/h3-5,7-8,13,15-16H,6,9-12H2,1-2H3;10-11H,6-9H2,1-5H3,(H,14,16);7-9,14H,4-6H2,1-3H3;9-10H,5-8H2,1-4H3;6-8H,3-5,13H2,1-2H3;8-10H,4-7H2,1-3H3;8-9H,4-7H2,1-3H3;2*7-8H,3-6,9H2,1-2H3;7-8,10H,3-6H2,1-2H3;6-7H,3-5,8H2,1-2H3. The van der Waals surface area contributed by atoms with Crippen LogP contribution in [0.2, 0.25) is 0 Å². The summed E-state index contributed by atoms with van der Waals surface area (Å²) in [6.07, 6.45) is 12.9. The predicted molar refractivity (Wildman–Crippen MR) is 561 cm³/mol. The Balaban J connectivity index is 0.000000505. The normalized spacial score (nSPS) is 27.0. The highest BCUT2D eigenvalue weighted by Gasteiger charge is 2.46. The van der Waals surface area contributed by atoms with Gasteiger partial charge >= 0.3 is 18.4 Å². The van der Waals surface area contributed by atoms with Gasteiger partial charge in [-0.1, -0.05) is 43.7 Å². The molecule has 135 heavy (non-hydrogen) atoms. The summed E-state index contributed by atoms with van der Waals surface area (Å²) in [7, 11) is 8.17. The van der Waals surface area contributed by atoms with Crippen molar-refractivity contribution in [3.8, 4) is 0 Å². The molecule has 0 aliphatic carbocycles. The molecule has 0 aromatic heterocycles. The Morgan fingerprint density at radius 3 is 1.11 bits per heavy atom. The van der Waals surface area contributed by atoms with Gasteiger partial charge in [-0.15, -0.1) is 0 Å². The van der Waals surface area contributed by atoms with Crippen LogP contribution in [0.15, 0.2) is 30.3 Å². The Hall–Kier alpha value is -2.73. The zero-order valence-electron chi connectivity index (χ0n) is 92.1. The minimum absolute atomic E-state index is 0.0484. The molecule has 1 amide bonds. The largest absolute Gasteiger partial charge is 0.444 e. The molecule has 0 saturated carbocycles. The zero-order chi connectivity index (χ0) is 102. The fourth-order valence-corrected chi connectivity index (χ4v) is 19.3. The van der Waals surface area contributed by atoms with Crippen LogP contribution < -0.4 is 44.2 Å². The lowest BCUT2D eigenvalue weighted by atomic mass is 9.93. The van der Waals surface area contributed by atoms with E-state index in [9.17, 15) is 36.2 Å². The van der Waals surface area contributed by atoms with Crippen molar-refractivity contribution in [3.63, 3.8) is 0 Å². The highest BCUT2D eigenvalue weighted by atomic mass is 19.4. The van der Waals surface area contributed by atoms with Crippen molar-refractivity contribution < 1.29 is 41.0 Å². The molecular weight excluding hydrogens is 1720 g/mol. The van der Waals surface area contributed by atoms with Crippen molar-refractivity contribution in [2.45, 2.75) is 453 Å². The number of halogens is 6. The van der Waals surface area contributed by atoms with E-state index in [1.54, 1.807) is 11.9 Å². The number of likely N-dealkylation sites (N-methyl/N-ethyl adjacent to an activating group) is 3. The molecule has 12 rings (SSSR count). The molecule has 800 valence electrons. The average Bonchev–Trinajstić information content (AvgIpc) is 1.32. The van der Waals surface area contributed by atoms with Crippen LogP contribution in [0.5, 0.6) is 0 Å². The lowest BCUT2D eigenvalue weighted by molar-refractivity contribution is -0.190. The molecular formula is C106H216F6N20O3. The van der Waals surface area contributed by atoms with Crippen LogP contribution in [0.4, 0.5) is 31.1 Å². The van der Waals surface area contributed by atoms with Crippen molar-refractivity contribution >= 4 is 6.09 Å². The van der Waals surface area contributed by atoms with Gasteiger partial charge in [0.25, 0.3) is 0 Å². The number of alkyl carbamates (subject to hydrolysis) is 1. The number of aliphatic hydroxyl groups excluding tert-OH is 1. The highest BCUT2D eigenvalue weighted by Crippen LogP contribution is 2.36. The van der Waals surface area contributed by atoms with Gasteiger partial charge in [0.2, 0.25) is 0 Å². The number of benzene rings is 1. The average molecular weight is 1930 g/mol. The van der Waals surface area contributed by atoms with Gasteiger partial charge in [0.05, 0.1) is 17.9 Å². The summed E-state index contributed by atoms with van der Waals surface area (Å²) in [4.78, 5) is 40.1. The first-order valence-corrected chi connectivity index (χ1v) is 53.8. The first kappa shape index (κ1) is 128. The van der Waals surface area contributed by atoms with E-state index in [1.807, 2.05) is 53.4 Å². The zero-order valence-corrected chi connectivity index (χ0v) is 92.1. The number of hydrogen-bond acceptors (Lipinski definition) is 22. The van der Waals surface area contributed by atoms with Crippen molar-refractivity contribution in [1.29, 1.82) is 0 Å². The van der Waals surface area contributed by atoms with E-state index in [-0.39, 0.29) is 68.3 Å². The number of alkyl halides is 6. The van der Waals surface area contributed by atoms with E-state index in [2.05, 4.69) is 253 Å². The van der Waals surface area contributed by atoms with E-state index < -0.39 is 29.8 Å². The number of hydrogen-bond donors (Lipinski definition) is 9. The molecule has 12 unspecified atom stereocenters. The molecule has 29 heteroatoms. The van der Waals surface area contributed by atoms with Crippen LogP contribution in [0, 0.1) is 17.8 Å². The summed E-state index contributed by atoms with van der Waals surface area (Å²) in [6, 6.07) is 20.4. The van der Waals surface area contributed by atoms with Gasteiger partial charge in [-0.05, 0) is 394 Å². The summed E-state index contributed by atoms with van der Waals surface area (Å²) >= 11 is 0. The summed E-state index contributed by atoms with van der Waals surface area (Å²) in [6.45, 7) is 79.9. The van der Waals surface area contributed by atoms with Crippen LogP contribution in [0.1, 0.15) is 308 Å². The maximum Gasteiger partial charge on any atom is 0.407 e. The summed E-state index contributed by atoms with van der Waals surface area (Å²) in [5.41, 5.74) is 23.9. The second-order valence-corrected chi connectivity index (χ2v) is 45.4. The Bertz CT molecular complexity index is 3010. The van der Waals surface area contributed by atoms with Crippen molar-refractivity contribution in [2.75, 3.05) is 172 Å². The number of piperidine rings is 9. The van der Waals surface area contributed by atoms with Crippen LogP contribution in [-0.2, 0) is 11.3 Å². The third-order valence-electron chi connectivity index (χ3n) is 29.1. The third-order valence-corrected chi connectivity index (χ3v) is 29.1. The molecule has 11 saturated heterocycles. The quantitative estimate of drug-likeness (QED) is 0.0585. The molecule has 11 aliphatic rings. The first-order valence-electron chi connectivity index (χ1n) is 53.8. The second kappa shape index (κ2) is 67.8. The van der Waals surface area contributed by atoms with E-state index in [0.29, 0.717) is 85.6 Å². The summed E-state index contributed by atoms with van der Waals surface area (Å²) in [5.74, 6) is -1.46. The molecule has 0 radical (unpaired) electrons. The lowest BCUT2D eigenvalue weighted by Gasteiger charge is -2.40. The first-order chi connectivity index (χ1) is 63.1. The van der Waals surface area contributed by atoms with Gasteiger partial charge in [-0.25, -0.2) is 4.79 Å². The number of likely N-dealkylation sites (tertiary alicyclic amines) is 11. The second-order valence-electron chi connectivity index (χ2n) is 45.4. The van der Waals surface area contributed by atoms with E-state index in [0.717, 1.165) is 95.5 Å². The third kappa shape index (κ3) is 56.4. The van der Waals surface area contributed by atoms with E-state index in [1.165, 1.54) is 168 Å². The number of rotatable bonds is 19. The Morgan fingerprint density at radius 2 is 0.726 bits per heavy atom. The number of nitrogens with zero attached hydrogens (tertiary/aromatic N) is 12. The maximum atomic E-state index is 12.6. The van der Waals surface area contributed by atoms with E-state index in [4.69, 9.17) is 27.7 Å². The molecule has 0 spiro atoms. The van der Waals surface area contributed by atoms with Gasteiger partial charge in [0, 0.05) is 206 Å². The summed E-state index contributed by atoms with van der Waals surface area (Å²) in [5, 5.41) is 22.2. The number of carbonyl (C=O) groups is 1. The molecule has 11 aliphatic heterocycles. The molecule has 1 aromatic carbocycles. The number of β-amino-alcohol motifs (C(OH)–C–C–N with tert-alkyl or cyclic N) is 1. The van der Waals surface area contributed by atoms with Gasteiger partial charge in [0.1, 0.15) is 5.60 Å². The topological polar surface area (TPSA) is 238 Å². The van der Waals surface area contributed by atoms with Crippen molar-refractivity contribution in [3.05, 3.63) is 35.9 Å². The van der Waals surface area contributed by atoms with Gasteiger partial charge < -0.3 is 68.7 Å². The van der Waals surface area contributed by atoms with Crippen LogP contribution in [-0.4, -0.2) is 387 Å².